The highest BCUT2D eigenvalue weighted by atomic mass is 14.9. The molecule has 0 unspecified atom stereocenters. The molecule has 0 atom stereocenters. The first kappa shape index (κ1) is 10.1. The van der Waals surface area contributed by atoms with E-state index in [0.717, 1.165) is 11.5 Å². The molecule has 0 amide bonds. The maximum atomic E-state index is 5.97. The molecule has 15 heavy (non-hydrogen) atoms. The summed E-state index contributed by atoms with van der Waals surface area (Å²) in [4.78, 5) is 12.2. The molecule has 0 bridgehead atoms. The van der Waals surface area contributed by atoms with Gasteiger partial charge >= 0.3 is 0 Å². The lowest BCUT2D eigenvalue weighted by molar-refractivity contribution is 0.437. The predicted molar refractivity (Wildman–Crippen MR) is 59.9 cm³/mol. The van der Waals surface area contributed by atoms with E-state index in [1.54, 1.807) is 12.4 Å². The molecule has 1 aliphatic rings. The zero-order chi connectivity index (χ0) is 10.5. The molecule has 2 rings (SSSR count). The number of aromatic nitrogens is 2. The van der Waals surface area contributed by atoms with E-state index in [0.29, 0.717) is 5.92 Å². The molecule has 0 aromatic carbocycles. The molecule has 1 aromatic heterocycles. The second-order valence-electron chi connectivity index (χ2n) is 3.97. The summed E-state index contributed by atoms with van der Waals surface area (Å²) in [7, 11) is 0. The Morgan fingerprint density at radius 3 is 2.53 bits per heavy atom. The van der Waals surface area contributed by atoms with Crippen LogP contribution in [-0.4, -0.2) is 15.8 Å². The Bertz CT molecular complexity index is 328. The zero-order valence-corrected chi connectivity index (χ0v) is 8.76. The highest BCUT2D eigenvalue weighted by Gasteiger charge is 2.16. The first-order valence-electron chi connectivity index (χ1n) is 5.45. The summed E-state index contributed by atoms with van der Waals surface area (Å²) in [6.07, 6.45) is 11.1. The van der Waals surface area contributed by atoms with Crippen molar-refractivity contribution in [3.8, 4) is 0 Å². The van der Waals surface area contributed by atoms with E-state index in [2.05, 4.69) is 15.0 Å². The van der Waals surface area contributed by atoms with Gasteiger partial charge in [-0.1, -0.05) is 19.3 Å². The minimum atomic E-state index is 0.457. The second kappa shape index (κ2) is 4.87. The quantitative estimate of drug-likeness (QED) is 0.592. The van der Waals surface area contributed by atoms with Gasteiger partial charge < -0.3 is 5.73 Å². The Morgan fingerprint density at radius 2 is 1.87 bits per heavy atom. The molecule has 1 saturated carbocycles. The van der Waals surface area contributed by atoms with Gasteiger partial charge in [0.1, 0.15) is 17.9 Å². The minimum Gasteiger partial charge on any atom is -0.387 e. The summed E-state index contributed by atoms with van der Waals surface area (Å²) in [5.41, 5.74) is 6.73. The van der Waals surface area contributed by atoms with E-state index in [1.165, 1.54) is 38.4 Å². The number of nitrogens with two attached hydrogens (primary N) is 1. The molecule has 1 fully saturated rings. The second-order valence-corrected chi connectivity index (χ2v) is 3.97. The van der Waals surface area contributed by atoms with Crippen LogP contribution in [0.25, 0.3) is 0 Å². The lowest BCUT2D eigenvalue weighted by Gasteiger charge is -2.20. The van der Waals surface area contributed by atoms with Gasteiger partial charge in [-0.2, -0.15) is 0 Å². The number of amidine groups is 1. The van der Waals surface area contributed by atoms with E-state index in [4.69, 9.17) is 5.73 Å². The van der Waals surface area contributed by atoms with Crippen molar-refractivity contribution >= 4 is 11.5 Å². The molecule has 0 aliphatic heterocycles. The minimum absolute atomic E-state index is 0.457. The Hall–Kier alpha value is -1.45. The summed E-state index contributed by atoms with van der Waals surface area (Å²) in [5, 5.41) is 0. The molecular weight excluding hydrogens is 188 g/mol. The maximum absolute atomic E-state index is 5.97. The standard InChI is InChI=1S/C11H16N4/c12-11(9-4-2-1-3-5-9)15-10-6-13-8-14-7-10/h6-9H,1-5H2,(H2,12,15). The number of hydrogen-bond acceptors (Lipinski definition) is 3. The molecule has 1 aliphatic carbocycles. The van der Waals surface area contributed by atoms with Crippen LogP contribution in [0, 0.1) is 5.92 Å². The van der Waals surface area contributed by atoms with Gasteiger partial charge in [-0.15, -0.1) is 0 Å². The van der Waals surface area contributed by atoms with E-state index >= 15 is 0 Å². The van der Waals surface area contributed by atoms with E-state index in [9.17, 15) is 0 Å². The first-order chi connectivity index (χ1) is 7.36. The number of rotatable bonds is 2. The lowest BCUT2D eigenvalue weighted by atomic mass is 9.88. The van der Waals surface area contributed by atoms with Gasteiger partial charge in [-0.3, -0.25) is 0 Å². The molecule has 1 heterocycles. The maximum Gasteiger partial charge on any atom is 0.115 e. The monoisotopic (exact) mass is 204 g/mol. The SMILES string of the molecule is NC(=Nc1cncnc1)C1CCCCC1. The smallest absolute Gasteiger partial charge is 0.115 e. The van der Waals surface area contributed by atoms with Crippen molar-refractivity contribution < 1.29 is 0 Å². The van der Waals surface area contributed by atoms with Crippen molar-refractivity contribution in [3.63, 3.8) is 0 Å². The summed E-state index contributed by atoms with van der Waals surface area (Å²) >= 11 is 0. The van der Waals surface area contributed by atoms with Gasteiger partial charge in [0.2, 0.25) is 0 Å². The zero-order valence-electron chi connectivity index (χ0n) is 8.76. The lowest BCUT2D eigenvalue weighted by Crippen LogP contribution is -2.25. The van der Waals surface area contributed by atoms with Crippen LogP contribution in [0.4, 0.5) is 5.69 Å². The summed E-state index contributed by atoms with van der Waals surface area (Å²) in [6.45, 7) is 0. The summed E-state index contributed by atoms with van der Waals surface area (Å²) in [5.74, 6) is 1.20. The van der Waals surface area contributed by atoms with Crippen LogP contribution in [0.1, 0.15) is 32.1 Å². The predicted octanol–water partition coefficient (Wildman–Crippen LogP) is 2.05. The third-order valence-corrected chi connectivity index (χ3v) is 2.83. The average molecular weight is 204 g/mol. The van der Waals surface area contributed by atoms with Gasteiger partial charge in [-0.25, -0.2) is 15.0 Å². The highest BCUT2D eigenvalue weighted by Crippen LogP contribution is 2.24. The normalized spacial score (nSPS) is 19.1. The van der Waals surface area contributed by atoms with Gasteiger partial charge in [0.15, 0.2) is 0 Å². The van der Waals surface area contributed by atoms with E-state index in [-0.39, 0.29) is 0 Å². The van der Waals surface area contributed by atoms with Crippen LogP contribution in [0.5, 0.6) is 0 Å². The fraction of sp³-hybridized carbons (Fsp3) is 0.545. The number of aliphatic imine (C=N–C) groups is 1. The highest BCUT2D eigenvalue weighted by molar-refractivity contribution is 5.85. The van der Waals surface area contributed by atoms with Crippen LogP contribution in [0.15, 0.2) is 23.7 Å². The van der Waals surface area contributed by atoms with Gasteiger partial charge in [0.25, 0.3) is 0 Å². The van der Waals surface area contributed by atoms with Crippen molar-refractivity contribution in [2.24, 2.45) is 16.6 Å². The van der Waals surface area contributed by atoms with Crippen LogP contribution in [0.3, 0.4) is 0 Å². The molecule has 2 N–H and O–H groups in total. The topological polar surface area (TPSA) is 64.2 Å². The molecular formula is C11H16N4. The molecule has 4 heteroatoms. The van der Waals surface area contributed by atoms with Crippen LogP contribution < -0.4 is 5.73 Å². The molecule has 1 aromatic rings. The Kier molecular flexibility index (Phi) is 3.27. The van der Waals surface area contributed by atoms with E-state index in [1.807, 2.05) is 0 Å². The third kappa shape index (κ3) is 2.75. The average Bonchev–Trinajstić information content (AvgIpc) is 2.31. The van der Waals surface area contributed by atoms with Crippen molar-refractivity contribution in [3.05, 3.63) is 18.7 Å². The molecule has 4 nitrogen and oxygen atoms in total. The number of hydrogen-bond donors (Lipinski definition) is 1. The molecule has 80 valence electrons. The summed E-state index contributed by atoms with van der Waals surface area (Å²) < 4.78 is 0. The van der Waals surface area contributed by atoms with Crippen molar-refractivity contribution in [2.75, 3.05) is 0 Å². The summed E-state index contributed by atoms with van der Waals surface area (Å²) in [6, 6.07) is 0. The first-order valence-corrected chi connectivity index (χ1v) is 5.45. The van der Waals surface area contributed by atoms with Crippen molar-refractivity contribution in [1.82, 2.24) is 9.97 Å². The third-order valence-electron chi connectivity index (χ3n) is 2.83. The Morgan fingerprint density at radius 1 is 1.20 bits per heavy atom. The fourth-order valence-corrected chi connectivity index (χ4v) is 1.99. The Balaban J connectivity index is 2.06. The van der Waals surface area contributed by atoms with Gasteiger partial charge in [0, 0.05) is 5.92 Å². The molecule has 0 saturated heterocycles. The fourth-order valence-electron chi connectivity index (χ4n) is 1.99. The van der Waals surface area contributed by atoms with Crippen LogP contribution in [0.2, 0.25) is 0 Å². The van der Waals surface area contributed by atoms with Gasteiger partial charge in [-0.05, 0) is 12.8 Å². The molecule has 0 radical (unpaired) electrons. The van der Waals surface area contributed by atoms with E-state index < -0.39 is 0 Å². The number of nitrogens with zero attached hydrogens (tertiary/aromatic N) is 3. The van der Waals surface area contributed by atoms with Crippen LogP contribution >= 0.6 is 0 Å². The van der Waals surface area contributed by atoms with Crippen molar-refractivity contribution in [1.29, 1.82) is 0 Å². The molecule has 0 spiro atoms. The van der Waals surface area contributed by atoms with Crippen molar-refractivity contribution in [2.45, 2.75) is 32.1 Å². The van der Waals surface area contributed by atoms with Crippen LogP contribution in [-0.2, 0) is 0 Å². The van der Waals surface area contributed by atoms with Gasteiger partial charge in [0.05, 0.1) is 12.4 Å². The largest absolute Gasteiger partial charge is 0.387 e. The Labute approximate surface area is 89.7 Å².